The summed E-state index contributed by atoms with van der Waals surface area (Å²) in [4.78, 5) is 27.1. The summed E-state index contributed by atoms with van der Waals surface area (Å²) in [5, 5.41) is 15.6. The van der Waals surface area contributed by atoms with Gasteiger partial charge >= 0.3 is 0 Å². The monoisotopic (exact) mass is 459 g/mol. The van der Waals surface area contributed by atoms with Crippen molar-refractivity contribution in [1.82, 2.24) is 0 Å². The second-order valence-electron chi connectivity index (χ2n) is 9.21. The van der Waals surface area contributed by atoms with Gasteiger partial charge in [0.2, 0.25) is 0 Å². The van der Waals surface area contributed by atoms with Crippen LogP contribution in [-0.4, -0.2) is 17.9 Å². The SMILES string of the molecule is CC1=NN(c2ccccc2)C(=O)[C@@]12[C@H](c1ccc(C#N)cc1)[C@@H](C)C=C(C=O)[C@H]2c1ccccc1. The molecule has 1 spiro atoms. The zero-order valence-corrected chi connectivity index (χ0v) is 19.6. The molecule has 0 radical (unpaired) electrons. The van der Waals surface area contributed by atoms with Crippen molar-refractivity contribution in [2.75, 3.05) is 5.01 Å². The number of carbonyl (C=O) groups is 2. The van der Waals surface area contributed by atoms with Crippen LogP contribution in [0.2, 0.25) is 0 Å². The van der Waals surface area contributed by atoms with Crippen molar-refractivity contribution in [2.24, 2.45) is 16.4 Å². The molecule has 0 unspecified atom stereocenters. The molecule has 1 heterocycles. The van der Waals surface area contributed by atoms with Gasteiger partial charge in [0.05, 0.1) is 23.0 Å². The number of benzene rings is 3. The molecule has 0 aromatic heterocycles. The molecule has 2 aliphatic rings. The standard InChI is InChI=1S/C30H25N3O2/c1-20-17-25(19-34)28(23-9-5-3-6-10-23)30(27(20)24-15-13-22(18-31)14-16-24)21(2)32-33(29(30)35)26-11-7-4-8-12-26/h3-17,19-20,27-28H,1-2H3/t20-,27-,28+,30+/m0/s1. The summed E-state index contributed by atoms with van der Waals surface area (Å²) in [6.45, 7) is 3.94. The van der Waals surface area contributed by atoms with E-state index in [2.05, 4.69) is 6.07 Å². The highest BCUT2D eigenvalue weighted by atomic mass is 16.2. The summed E-state index contributed by atoms with van der Waals surface area (Å²) < 4.78 is 0. The van der Waals surface area contributed by atoms with E-state index in [-0.39, 0.29) is 17.7 Å². The second-order valence-corrected chi connectivity index (χ2v) is 9.21. The molecule has 1 aliphatic heterocycles. The number of nitriles is 1. The number of aldehydes is 1. The maximum atomic E-state index is 14.6. The lowest BCUT2D eigenvalue weighted by molar-refractivity contribution is -0.126. The summed E-state index contributed by atoms with van der Waals surface area (Å²) in [6.07, 6.45) is 2.88. The lowest BCUT2D eigenvalue weighted by Crippen LogP contribution is -2.52. The molecule has 5 heteroatoms. The number of hydrogen-bond donors (Lipinski definition) is 0. The van der Waals surface area contributed by atoms with Crippen LogP contribution in [0.3, 0.4) is 0 Å². The van der Waals surface area contributed by atoms with Crippen molar-refractivity contribution in [3.63, 3.8) is 0 Å². The molecule has 35 heavy (non-hydrogen) atoms. The number of hydrogen-bond acceptors (Lipinski definition) is 4. The summed E-state index contributed by atoms with van der Waals surface area (Å²) in [5.74, 6) is -1.05. The van der Waals surface area contributed by atoms with E-state index in [1.54, 1.807) is 12.1 Å². The van der Waals surface area contributed by atoms with Gasteiger partial charge in [0, 0.05) is 11.8 Å². The number of allylic oxidation sites excluding steroid dienone is 2. The van der Waals surface area contributed by atoms with Gasteiger partial charge in [0.25, 0.3) is 5.91 Å². The minimum Gasteiger partial charge on any atom is -0.298 e. The third-order valence-electron chi connectivity index (χ3n) is 7.32. The Hall–Kier alpha value is -4.30. The van der Waals surface area contributed by atoms with E-state index in [4.69, 9.17) is 5.10 Å². The number of amides is 1. The number of anilines is 1. The molecule has 3 aromatic rings. The molecule has 0 fully saturated rings. The summed E-state index contributed by atoms with van der Waals surface area (Å²) in [7, 11) is 0. The molecule has 0 bridgehead atoms. The van der Waals surface area contributed by atoms with Crippen LogP contribution in [0.5, 0.6) is 0 Å². The fourth-order valence-corrected chi connectivity index (χ4v) is 5.94. The first-order valence-electron chi connectivity index (χ1n) is 11.7. The van der Waals surface area contributed by atoms with Crippen molar-refractivity contribution in [3.8, 4) is 6.07 Å². The Kier molecular flexibility index (Phi) is 5.66. The van der Waals surface area contributed by atoms with E-state index in [0.29, 0.717) is 22.5 Å². The summed E-state index contributed by atoms with van der Waals surface area (Å²) in [6, 6.07) is 28.7. The number of nitrogens with zero attached hydrogens (tertiary/aromatic N) is 3. The molecule has 0 N–H and O–H groups in total. The van der Waals surface area contributed by atoms with Crippen LogP contribution in [0.25, 0.3) is 0 Å². The third kappa shape index (κ3) is 3.41. The van der Waals surface area contributed by atoms with Crippen LogP contribution in [-0.2, 0) is 9.59 Å². The first kappa shape index (κ1) is 22.5. The van der Waals surface area contributed by atoms with Gasteiger partial charge in [0.15, 0.2) is 0 Å². The lowest BCUT2D eigenvalue weighted by atomic mass is 9.52. The Morgan fingerprint density at radius 2 is 1.57 bits per heavy atom. The third-order valence-corrected chi connectivity index (χ3v) is 7.32. The molecule has 5 rings (SSSR count). The number of para-hydroxylation sites is 1. The molecule has 5 nitrogen and oxygen atoms in total. The molecular weight excluding hydrogens is 434 g/mol. The van der Waals surface area contributed by atoms with Crippen molar-refractivity contribution < 1.29 is 9.59 Å². The smallest absolute Gasteiger partial charge is 0.260 e. The Bertz CT molecular complexity index is 1370. The molecule has 1 amide bonds. The molecular formula is C30H25N3O2. The fourth-order valence-electron chi connectivity index (χ4n) is 5.94. The highest BCUT2D eigenvalue weighted by Gasteiger charge is 2.63. The maximum absolute atomic E-state index is 14.6. The van der Waals surface area contributed by atoms with E-state index in [1.807, 2.05) is 92.7 Å². The van der Waals surface area contributed by atoms with E-state index in [1.165, 1.54) is 5.01 Å². The highest BCUT2D eigenvalue weighted by Crippen LogP contribution is 2.60. The van der Waals surface area contributed by atoms with Gasteiger partial charge in [0.1, 0.15) is 11.7 Å². The Labute approximate surface area is 205 Å². The van der Waals surface area contributed by atoms with Crippen molar-refractivity contribution in [1.29, 1.82) is 5.26 Å². The van der Waals surface area contributed by atoms with Crippen molar-refractivity contribution in [2.45, 2.75) is 25.7 Å². The van der Waals surface area contributed by atoms with Gasteiger partial charge in [-0.05, 0) is 53.8 Å². The van der Waals surface area contributed by atoms with Crippen LogP contribution in [0.15, 0.2) is 102 Å². The minimum absolute atomic E-state index is 0.118. The van der Waals surface area contributed by atoms with E-state index >= 15 is 0 Å². The molecule has 3 aromatic carbocycles. The number of rotatable bonds is 4. The first-order chi connectivity index (χ1) is 17.0. The van der Waals surface area contributed by atoms with Gasteiger partial charge in [-0.25, -0.2) is 0 Å². The zero-order valence-electron chi connectivity index (χ0n) is 19.6. The van der Waals surface area contributed by atoms with Gasteiger partial charge < -0.3 is 0 Å². The fraction of sp³-hybridized carbons (Fsp3) is 0.200. The van der Waals surface area contributed by atoms with Crippen LogP contribution in [0, 0.1) is 22.7 Å². The molecule has 1 aliphatic carbocycles. The number of hydrazone groups is 1. The summed E-state index contributed by atoms with van der Waals surface area (Å²) in [5.41, 5.74) is 3.25. The Balaban J connectivity index is 1.79. The minimum atomic E-state index is -1.10. The van der Waals surface area contributed by atoms with Gasteiger partial charge in [-0.15, -0.1) is 0 Å². The predicted octanol–water partition coefficient (Wildman–Crippen LogP) is 5.61. The maximum Gasteiger partial charge on any atom is 0.260 e. The van der Waals surface area contributed by atoms with Gasteiger partial charge in [-0.1, -0.05) is 73.7 Å². The highest BCUT2D eigenvalue weighted by molar-refractivity contribution is 6.21. The van der Waals surface area contributed by atoms with Gasteiger partial charge in [-0.3, -0.25) is 9.59 Å². The topological polar surface area (TPSA) is 73.5 Å². The first-order valence-corrected chi connectivity index (χ1v) is 11.7. The lowest BCUT2D eigenvalue weighted by Gasteiger charge is -2.48. The average molecular weight is 460 g/mol. The average Bonchev–Trinajstić information content (AvgIpc) is 3.15. The largest absolute Gasteiger partial charge is 0.298 e. The number of carbonyl (C=O) groups excluding carboxylic acids is 2. The van der Waals surface area contributed by atoms with Crippen LogP contribution >= 0.6 is 0 Å². The second kappa shape index (κ2) is 8.81. The van der Waals surface area contributed by atoms with E-state index in [0.717, 1.165) is 17.4 Å². The van der Waals surface area contributed by atoms with Crippen molar-refractivity contribution in [3.05, 3.63) is 113 Å². The van der Waals surface area contributed by atoms with E-state index < -0.39 is 11.3 Å². The van der Waals surface area contributed by atoms with Crippen molar-refractivity contribution >= 4 is 23.6 Å². The normalized spacial score (nSPS) is 25.7. The molecule has 0 saturated heterocycles. The van der Waals surface area contributed by atoms with Gasteiger partial charge in [-0.2, -0.15) is 15.4 Å². The van der Waals surface area contributed by atoms with Crippen LogP contribution in [0.4, 0.5) is 5.69 Å². The quantitative estimate of drug-likeness (QED) is 0.476. The summed E-state index contributed by atoms with van der Waals surface area (Å²) >= 11 is 0. The zero-order chi connectivity index (χ0) is 24.6. The molecule has 172 valence electrons. The van der Waals surface area contributed by atoms with Crippen LogP contribution in [0.1, 0.15) is 42.4 Å². The predicted molar refractivity (Wildman–Crippen MR) is 136 cm³/mol. The molecule has 0 saturated carbocycles. The van der Waals surface area contributed by atoms with E-state index in [9.17, 15) is 14.9 Å². The molecule has 4 atom stereocenters. The van der Waals surface area contributed by atoms with Crippen LogP contribution < -0.4 is 5.01 Å². The Morgan fingerprint density at radius 3 is 2.17 bits per heavy atom. The Morgan fingerprint density at radius 1 is 0.943 bits per heavy atom.